The Morgan fingerprint density at radius 2 is 2.47 bits per heavy atom. The largest absolute Gasteiger partial charge is 0.394 e. The van der Waals surface area contributed by atoms with Crippen LogP contribution in [0.15, 0.2) is 11.6 Å². The fourth-order valence-corrected chi connectivity index (χ4v) is 2.69. The van der Waals surface area contributed by atoms with E-state index in [2.05, 4.69) is 15.2 Å². The van der Waals surface area contributed by atoms with Crippen molar-refractivity contribution < 1.29 is 5.11 Å². The predicted octanol–water partition coefficient (Wildman–Crippen LogP) is 0.472. The molecule has 2 heterocycles. The summed E-state index contributed by atoms with van der Waals surface area (Å²) in [5.41, 5.74) is 0. The van der Waals surface area contributed by atoms with Crippen LogP contribution in [0.5, 0.6) is 0 Å². The Labute approximate surface area is 93.9 Å². The molecule has 0 aliphatic carbocycles. The van der Waals surface area contributed by atoms with Crippen molar-refractivity contribution in [3.8, 4) is 0 Å². The van der Waals surface area contributed by atoms with E-state index in [0.717, 1.165) is 37.6 Å². The van der Waals surface area contributed by atoms with Gasteiger partial charge in [0.1, 0.15) is 5.01 Å². The average molecular weight is 227 g/mol. The lowest BCUT2D eigenvalue weighted by molar-refractivity contribution is 0.129. The van der Waals surface area contributed by atoms with Crippen molar-refractivity contribution in [3.63, 3.8) is 0 Å². The van der Waals surface area contributed by atoms with Crippen LogP contribution in [-0.2, 0) is 0 Å². The molecular weight excluding hydrogens is 210 g/mol. The monoisotopic (exact) mass is 227 g/mol. The molecule has 4 nitrogen and oxygen atoms in total. The Morgan fingerprint density at radius 3 is 3.20 bits per heavy atom. The summed E-state index contributed by atoms with van der Waals surface area (Å²) in [5.74, 6) is 0. The van der Waals surface area contributed by atoms with Gasteiger partial charge in [0, 0.05) is 31.2 Å². The minimum absolute atomic E-state index is 0.0879. The molecular formula is C10H17N3OS. The third-order valence-corrected chi connectivity index (χ3v) is 3.60. The zero-order chi connectivity index (χ0) is 10.5. The number of rotatable bonds is 3. The van der Waals surface area contributed by atoms with Crippen molar-refractivity contribution in [2.45, 2.75) is 12.5 Å². The number of nitrogens with one attached hydrogen (secondary N) is 1. The van der Waals surface area contributed by atoms with Gasteiger partial charge in [-0.1, -0.05) is 0 Å². The third-order valence-electron chi connectivity index (χ3n) is 2.72. The van der Waals surface area contributed by atoms with Crippen LogP contribution in [0.4, 0.5) is 0 Å². The highest BCUT2D eigenvalue weighted by molar-refractivity contribution is 7.09. The second-order valence-electron chi connectivity index (χ2n) is 3.71. The van der Waals surface area contributed by atoms with E-state index in [0.29, 0.717) is 0 Å². The summed E-state index contributed by atoms with van der Waals surface area (Å²) in [5, 5.41) is 15.8. The van der Waals surface area contributed by atoms with Crippen molar-refractivity contribution in [1.82, 2.24) is 15.2 Å². The predicted molar refractivity (Wildman–Crippen MR) is 61.0 cm³/mol. The molecule has 0 saturated carbocycles. The van der Waals surface area contributed by atoms with E-state index in [9.17, 15) is 5.11 Å². The average Bonchev–Trinajstić information content (AvgIpc) is 2.63. The number of hydrogen-bond donors (Lipinski definition) is 2. The van der Waals surface area contributed by atoms with Crippen molar-refractivity contribution >= 4 is 11.3 Å². The quantitative estimate of drug-likeness (QED) is 0.788. The molecule has 2 N–H and O–H groups in total. The molecule has 5 heteroatoms. The molecule has 1 aromatic rings. The number of aliphatic hydroxyl groups is 1. The van der Waals surface area contributed by atoms with Gasteiger partial charge in [0.2, 0.25) is 0 Å². The van der Waals surface area contributed by atoms with Crippen LogP contribution in [0.25, 0.3) is 0 Å². The first-order valence-electron chi connectivity index (χ1n) is 5.37. The van der Waals surface area contributed by atoms with E-state index >= 15 is 0 Å². The van der Waals surface area contributed by atoms with E-state index < -0.39 is 0 Å². The molecule has 0 spiro atoms. The lowest BCUT2D eigenvalue weighted by atomic mass is 10.2. The molecule has 1 aliphatic rings. The molecule has 0 radical (unpaired) electrons. The second kappa shape index (κ2) is 5.55. The molecule has 1 atom stereocenters. The number of aliphatic hydroxyl groups excluding tert-OH is 1. The summed E-state index contributed by atoms with van der Waals surface area (Å²) in [4.78, 5) is 6.61. The van der Waals surface area contributed by atoms with Crippen LogP contribution in [-0.4, -0.2) is 47.8 Å². The van der Waals surface area contributed by atoms with Gasteiger partial charge in [0.15, 0.2) is 0 Å². The molecule has 1 fully saturated rings. The van der Waals surface area contributed by atoms with Gasteiger partial charge in [-0.3, -0.25) is 4.90 Å². The van der Waals surface area contributed by atoms with Crippen molar-refractivity contribution in [2.24, 2.45) is 0 Å². The maximum atomic E-state index is 9.45. The molecule has 0 bridgehead atoms. The number of thiazole rings is 1. The first kappa shape index (κ1) is 11.0. The normalized spacial score (nSPS) is 21.1. The highest BCUT2D eigenvalue weighted by Crippen LogP contribution is 2.22. The molecule has 84 valence electrons. The molecule has 1 aromatic heterocycles. The maximum absolute atomic E-state index is 9.45. The van der Waals surface area contributed by atoms with Crippen LogP contribution in [0.3, 0.4) is 0 Å². The fourth-order valence-electron chi connectivity index (χ4n) is 1.93. The Kier molecular flexibility index (Phi) is 4.08. The number of aromatic nitrogens is 1. The van der Waals surface area contributed by atoms with Crippen LogP contribution < -0.4 is 5.32 Å². The Hall–Kier alpha value is -0.490. The van der Waals surface area contributed by atoms with E-state index in [-0.39, 0.29) is 12.6 Å². The second-order valence-corrected chi connectivity index (χ2v) is 4.63. The van der Waals surface area contributed by atoms with E-state index in [1.165, 1.54) is 0 Å². The van der Waals surface area contributed by atoms with Gasteiger partial charge in [0.25, 0.3) is 0 Å². The van der Waals surface area contributed by atoms with Gasteiger partial charge in [0.05, 0.1) is 12.6 Å². The van der Waals surface area contributed by atoms with Gasteiger partial charge in [-0.05, 0) is 13.0 Å². The molecule has 15 heavy (non-hydrogen) atoms. The molecule has 1 unspecified atom stereocenters. The van der Waals surface area contributed by atoms with Gasteiger partial charge in [-0.2, -0.15) is 0 Å². The first-order chi connectivity index (χ1) is 7.42. The van der Waals surface area contributed by atoms with Gasteiger partial charge in [-0.25, -0.2) is 4.98 Å². The Bertz CT molecular complexity index is 270. The molecule has 1 saturated heterocycles. The Balaban J connectivity index is 2.04. The van der Waals surface area contributed by atoms with Crippen LogP contribution >= 0.6 is 11.3 Å². The lowest BCUT2D eigenvalue weighted by Crippen LogP contribution is -2.34. The van der Waals surface area contributed by atoms with Crippen molar-refractivity contribution in [3.05, 3.63) is 16.6 Å². The number of hydrogen-bond acceptors (Lipinski definition) is 5. The third kappa shape index (κ3) is 2.75. The minimum atomic E-state index is 0.0879. The minimum Gasteiger partial charge on any atom is -0.394 e. The summed E-state index contributed by atoms with van der Waals surface area (Å²) in [6.07, 6.45) is 2.95. The highest BCUT2D eigenvalue weighted by atomic mass is 32.1. The summed E-state index contributed by atoms with van der Waals surface area (Å²) in [6, 6.07) is 0.0879. The Morgan fingerprint density at radius 1 is 1.53 bits per heavy atom. The molecule has 2 rings (SSSR count). The van der Waals surface area contributed by atoms with Crippen molar-refractivity contribution in [1.29, 1.82) is 0 Å². The lowest BCUT2D eigenvalue weighted by Gasteiger charge is -2.27. The standard InChI is InChI=1S/C10H17N3OS/c14-8-9(10-12-4-7-15-10)13-5-1-2-11-3-6-13/h4,7,9,11,14H,1-3,5-6,8H2. The van der Waals surface area contributed by atoms with E-state index in [1.54, 1.807) is 17.5 Å². The zero-order valence-corrected chi connectivity index (χ0v) is 9.54. The summed E-state index contributed by atoms with van der Waals surface area (Å²) < 4.78 is 0. The van der Waals surface area contributed by atoms with Gasteiger partial charge in [-0.15, -0.1) is 11.3 Å². The first-order valence-corrected chi connectivity index (χ1v) is 6.25. The topological polar surface area (TPSA) is 48.4 Å². The van der Waals surface area contributed by atoms with E-state index in [4.69, 9.17) is 0 Å². The van der Waals surface area contributed by atoms with Crippen LogP contribution in [0.1, 0.15) is 17.5 Å². The van der Waals surface area contributed by atoms with Crippen molar-refractivity contribution in [2.75, 3.05) is 32.8 Å². The zero-order valence-electron chi connectivity index (χ0n) is 8.72. The summed E-state index contributed by atoms with van der Waals surface area (Å²) >= 11 is 1.62. The molecule has 0 aromatic carbocycles. The van der Waals surface area contributed by atoms with Crippen LogP contribution in [0.2, 0.25) is 0 Å². The fraction of sp³-hybridized carbons (Fsp3) is 0.700. The maximum Gasteiger partial charge on any atom is 0.112 e. The molecule has 0 amide bonds. The van der Waals surface area contributed by atoms with Crippen LogP contribution in [0, 0.1) is 0 Å². The van der Waals surface area contributed by atoms with Gasteiger partial charge < -0.3 is 10.4 Å². The van der Waals surface area contributed by atoms with Gasteiger partial charge >= 0.3 is 0 Å². The van der Waals surface area contributed by atoms with E-state index in [1.807, 2.05) is 5.38 Å². The SMILES string of the molecule is OCC(c1nccs1)N1CCCNCC1. The highest BCUT2D eigenvalue weighted by Gasteiger charge is 2.22. The smallest absolute Gasteiger partial charge is 0.112 e. The summed E-state index contributed by atoms with van der Waals surface area (Å²) in [6.45, 7) is 4.27. The molecule has 1 aliphatic heterocycles. The number of nitrogens with zero attached hydrogens (tertiary/aromatic N) is 2. The summed E-state index contributed by atoms with van der Waals surface area (Å²) in [7, 11) is 0.